The normalized spacial score (nSPS) is 20.8. The minimum atomic E-state index is 0. The van der Waals surface area contributed by atoms with E-state index in [0.717, 1.165) is 37.1 Å². The number of nitrogens with zero attached hydrogens (tertiary/aromatic N) is 2. The second-order valence-corrected chi connectivity index (χ2v) is 8.41. The summed E-state index contributed by atoms with van der Waals surface area (Å²) in [6.07, 6.45) is 7.98. The van der Waals surface area contributed by atoms with E-state index in [9.17, 15) is 0 Å². The number of halogens is 1. The molecule has 2 N–H and O–H groups in total. The van der Waals surface area contributed by atoms with Crippen molar-refractivity contribution in [2.45, 2.75) is 64.2 Å². The van der Waals surface area contributed by atoms with Gasteiger partial charge in [-0.2, -0.15) is 11.8 Å². The van der Waals surface area contributed by atoms with Crippen LogP contribution in [0.4, 0.5) is 0 Å². The Bertz CT molecular complexity index is 519. The van der Waals surface area contributed by atoms with Crippen LogP contribution in [0, 0.1) is 6.92 Å². The fraction of sp³-hybridized carbons (Fsp3) is 0.765. The van der Waals surface area contributed by atoms with Crippen LogP contribution in [0.15, 0.2) is 4.99 Å². The fourth-order valence-electron chi connectivity index (χ4n) is 2.98. The maximum atomic E-state index is 4.74. The topological polar surface area (TPSA) is 49.3 Å². The molecule has 1 saturated carbocycles. The minimum absolute atomic E-state index is 0. The molecule has 24 heavy (non-hydrogen) atoms. The van der Waals surface area contributed by atoms with E-state index < -0.39 is 0 Å². The number of thiazole rings is 1. The highest BCUT2D eigenvalue weighted by Gasteiger charge is 2.24. The van der Waals surface area contributed by atoms with Crippen molar-refractivity contribution in [2.75, 3.05) is 19.3 Å². The number of thioether (sulfide) groups is 1. The van der Waals surface area contributed by atoms with Gasteiger partial charge >= 0.3 is 0 Å². The molecule has 2 unspecified atom stereocenters. The number of guanidine groups is 1. The third kappa shape index (κ3) is 6.71. The molecule has 0 aromatic carbocycles. The third-order valence-electron chi connectivity index (χ3n) is 4.27. The molecule has 2 rings (SSSR count). The number of aryl methyl sites for hydroxylation is 2. The first-order valence-corrected chi connectivity index (χ1v) is 10.8. The molecule has 7 heteroatoms. The molecule has 0 bridgehead atoms. The van der Waals surface area contributed by atoms with Gasteiger partial charge < -0.3 is 10.6 Å². The summed E-state index contributed by atoms with van der Waals surface area (Å²) in [6.45, 7) is 8.15. The van der Waals surface area contributed by atoms with Crippen molar-refractivity contribution < 1.29 is 0 Å². The Hall–Kier alpha value is -0.0200. The molecule has 0 radical (unpaired) electrons. The van der Waals surface area contributed by atoms with Crippen LogP contribution in [0.2, 0.25) is 0 Å². The summed E-state index contributed by atoms with van der Waals surface area (Å²) in [4.78, 5) is 10.8. The Morgan fingerprint density at radius 2 is 2.17 bits per heavy atom. The van der Waals surface area contributed by atoms with Crippen molar-refractivity contribution in [2.24, 2.45) is 4.99 Å². The van der Waals surface area contributed by atoms with E-state index in [2.05, 4.69) is 37.7 Å². The van der Waals surface area contributed by atoms with Crippen LogP contribution in [0.1, 0.15) is 48.7 Å². The van der Waals surface area contributed by atoms with Crippen molar-refractivity contribution in [1.82, 2.24) is 15.6 Å². The van der Waals surface area contributed by atoms with Gasteiger partial charge in [-0.05, 0) is 45.8 Å². The quantitative estimate of drug-likeness (QED) is 0.350. The van der Waals surface area contributed by atoms with Crippen LogP contribution in [0.5, 0.6) is 0 Å². The van der Waals surface area contributed by atoms with Gasteiger partial charge in [-0.3, -0.25) is 4.99 Å². The summed E-state index contributed by atoms with van der Waals surface area (Å²) >= 11 is 3.81. The molecule has 138 valence electrons. The Morgan fingerprint density at radius 3 is 2.75 bits per heavy atom. The highest BCUT2D eigenvalue weighted by molar-refractivity contribution is 14.0. The zero-order chi connectivity index (χ0) is 16.7. The lowest BCUT2D eigenvalue weighted by atomic mass is 10.2. The van der Waals surface area contributed by atoms with E-state index in [0.29, 0.717) is 6.04 Å². The zero-order valence-electron chi connectivity index (χ0n) is 15.2. The lowest BCUT2D eigenvalue weighted by Crippen LogP contribution is -2.42. The maximum Gasteiger partial charge on any atom is 0.191 e. The average Bonchev–Trinajstić information content (AvgIpc) is 3.13. The first-order chi connectivity index (χ1) is 11.2. The van der Waals surface area contributed by atoms with Crippen LogP contribution >= 0.6 is 47.1 Å². The Balaban J connectivity index is 0.00000288. The maximum absolute atomic E-state index is 4.74. The average molecular weight is 483 g/mol. The van der Waals surface area contributed by atoms with Crippen LogP contribution in [-0.4, -0.2) is 41.6 Å². The summed E-state index contributed by atoms with van der Waals surface area (Å²) in [5.41, 5.74) is 1.24. The monoisotopic (exact) mass is 482 g/mol. The Labute approximate surface area is 172 Å². The van der Waals surface area contributed by atoms with Gasteiger partial charge in [0.15, 0.2) is 5.96 Å². The van der Waals surface area contributed by atoms with E-state index in [4.69, 9.17) is 9.98 Å². The SMILES string of the molecule is CCNC(=NCCc1nc(CC)c(C)s1)NC1CCC(SC)C1.I. The van der Waals surface area contributed by atoms with Crippen LogP contribution in [0.3, 0.4) is 0 Å². The summed E-state index contributed by atoms with van der Waals surface area (Å²) in [5.74, 6) is 0.961. The zero-order valence-corrected chi connectivity index (χ0v) is 19.2. The molecular formula is C17H31IN4S2. The van der Waals surface area contributed by atoms with Gasteiger partial charge in [-0.25, -0.2) is 4.98 Å². The molecule has 4 nitrogen and oxygen atoms in total. The van der Waals surface area contributed by atoms with Crippen LogP contribution < -0.4 is 10.6 Å². The molecule has 0 spiro atoms. The Kier molecular flexibility index (Phi) is 10.6. The standard InChI is InChI=1S/C17H30N4S2.HI/c1-5-15-12(3)23-16(21-15)9-10-19-17(18-6-2)20-13-7-8-14(11-13)22-4;/h13-14H,5-11H2,1-4H3,(H2,18,19,20);1H. The van der Waals surface area contributed by atoms with E-state index in [1.807, 2.05) is 23.1 Å². The molecule has 1 heterocycles. The first kappa shape index (κ1) is 22.0. The lowest BCUT2D eigenvalue weighted by Gasteiger charge is -2.17. The largest absolute Gasteiger partial charge is 0.357 e. The van der Waals surface area contributed by atoms with Gasteiger partial charge in [-0.15, -0.1) is 35.3 Å². The van der Waals surface area contributed by atoms with Crippen LogP contribution in [0.25, 0.3) is 0 Å². The van der Waals surface area contributed by atoms with Crippen molar-refractivity contribution in [3.05, 3.63) is 15.6 Å². The molecule has 0 amide bonds. The summed E-state index contributed by atoms with van der Waals surface area (Å²) in [5, 5.41) is 8.99. The molecule has 1 aromatic heterocycles. The predicted octanol–water partition coefficient (Wildman–Crippen LogP) is 4.01. The van der Waals surface area contributed by atoms with Gasteiger partial charge in [0.1, 0.15) is 0 Å². The van der Waals surface area contributed by atoms with Crippen molar-refractivity contribution >= 4 is 53.0 Å². The predicted molar refractivity (Wildman–Crippen MR) is 119 cm³/mol. The molecule has 1 aliphatic rings. The molecule has 2 atom stereocenters. The third-order valence-corrected chi connectivity index (χ3v) is 6.44. The number of rotatable bonds is 7. The molecule has 1 fully saturated rings. The van der Waals surface area contributed by atoms with Gasteiger partial charge in [0, 0.05) is 35.7 Å². The molecule has 1 aromatic rings. The molecule has 0 aliphatic heterocycles. The van der Waals surface area contributed by atoms with E-state index in [-0.39, 0.29) is 24.0 Å². The molecule has 1 aliphatic carbocycles. The number of nitrogens with one attached hydrogen (secondary N) is 2. The highest BCUT2D eigenvalue weighted by atomic mass is 127. The first-order valence-electron chi connectivity index (χ1n) is 8.69. The van der Waals surface area contributed by atoms with Crippen molar-refractivity contribution in [3.63, 3.8) is 0 Å². The number of hydrogen-bond acceptors (Lipinski definition) is 4. The van der Waals surface area contributed by atoms with Gasteiger partial charge in [-0.1, -0.05) is 6.92 Å². The van der Waals surface area contributed by atoms with Gasteiger partial charge in [0.2, 0.25) is 0 Å². The molecular weight excluding hydrogens is 451 g/mol. The van der Waals surface area contributed by atoms with Gasteiger partial charge in [0.05, 0.1) is 10.7 Å². The van der Waals surface area contributed by atoms with Crippen LogP contribution in [-0.2, 0) is 12.8 Å². The number of hydrogen-bond donors (Lipinski definition) is 2. The minimum Gasteiger partial charge on any atom is -0.357 e. The van der Waals surface area contributed by atoms with Gasteiger partial charge in [0.25, 0.3) is 0 Å². The lowest BCUT2D eigenvalue weighted by molar-refractivity contribution is 0.615. The Morgan fingerprint density at radius 1 is 1.38 bits per heavy atom. The van der Waals surface area contributed by atoms with E-state index in [1.54, 1.807) is 0 Å². The summed E-state index contributed by atoms with van der Waals surface area (Å²) in [6, 6.07) is 0.569. The second kappa shape index (κ2) is 11.6. The fourth-order valence-corrected chi connectivity index (χ4v) is 4.79. The smallest absolute Gasteiger partial charge is 0.191 e. The second-order valence-electron chi connectivity index (χ2n) is 5.99. The summed E-state index contributed by atoms with van der Waals surface area (Å²) in [7, 11) is 0. The van der Waals surface area contributed by atoms with Crippen molar-refractivity contribution in [3.8, 4) is 0 Å². The number of aromatic nitrogens is 1. The van der Waals surface area contributed by atoms with E-state index >= 15 is 0 Å². The number of aliphatic imine (C=N–C) groups is 1. The molecule has 0 saturated heterocycles. The van der Waals surface area contributed by atoms with Crippen molar-refractivity contribution in [1.29, 1.82) is 0 Å². The highest BCUT2D eigenvalue weighted by Crippen LogP contribution is 2.28. The summed E-state index contributed by atoms with van der Waals surface area (Å²) < 4.78 is 0. The van der Waals surface area contributed by atoms with E-state index in [1.165, 1.54) is 34.8 Å².